The number of carboxylic acids is 2. The molecule has 0 saturated carbocycles. The first kappa shape index (κ1) is 14.3. The first-order valence-corrected chi connectivity index (χ1v) is 6.42. The number of carboxylic acid groups (broad SMARTS) is 2. The molecular weight excluding hydrogens is 294 g/mol. The largest absolute Gasteiger partial charge is 0.481 e. The predicted molar refractivity (Wildman–Crippen MR) is 61.8 cm³/mol. The van der Waals surface area contributed by atoms with Gasteiger partial charge >= 0.3 is 17.9 Å². The molecule has 20 heavy (non-hydrogen) atoms. The number of imide groups is 1. The van der Waals surface area contributed by atoms with Gasteiger partial charge in [0.25, 0.3) is 11.1 Å². The molecule has 0 aliphatic carbocycles. The zero-order valence-electron chi connectivity index (χ0n) is 9.90. The summed E-state index contributed by atoms with van der Waals surface area (Å²) in [7, 11) is 0. The fourth-order valence-corrected chi connectivity index (χ4v) is 3.05. The van der Waals surface area contributed by atoms with Crippen LogP contribution in [0.1, 0.15) is 12.8 Å². The van der Waals surface area contributed by atoms with Gasteiger partial charge in [-0.25, -0.2) is 4.79 Å². The van der Waals surface area contributed by atoms with Crippen LogP contribution in [-0.4, -0.2) is 61.6 Å². The van der Waals surface area contributed by atoms with Crippen molar-refractivity contribution < 1.29 is 38.9 Å². The lowest BCUT2D eigenvalue weighted by Gasteiger charge is -2.39. The van der Waals surface area contributed by atoms with Crippen molar-refractivity contribution in [1.82, 2.24) is 4.90 Å². The van der Waals surface area contributed by atoms with E-state index in [9.17, 15) is 24.0 Å². The Morgan fingerprint density at radius 1 is 1.25 bits per heavy atom. The van der Waals surface area contributed by atoms with Crippen LogP contribution in [0.2, 0.25) is 0 Å². The molecule has 2 N–H and O–H groups in total. The van der Waals surface area contributed by atoms with Crippen LogP contribution in [-0.2, 0) is 23.9 Å². The van der Waals surface area contributed by atoms with E-state index in [0.717, 1.165) is 11.8 Å². The Morgan fingerprint density at radius 2 is 1.80 bits per heavy atom. The van der Waals surface area contributed by atoms with Crippen molar-refractivity contribution in [3.63, 3.8) is 0 Å². The highest BCUT2D eigenvalue weighted by molar-refractivity contribution is 8.14. The third-order valence-corrected chi connectivity index (χ3v) is 3.85. The van der Waals surface area contributed by atoms with Crippen LogP contribution < -0.4 is 0 Å². The maximum absolute atomic E-state index is 12.2. The molecule has 0 bridgehead atoms. The molecule has 10 heteroatoms. The van der Waals surface area contributed by atoms with Crippen molar-refractivity contribution in [2.75, 3.05) is 5.75 Å². The lowest BCUT2D eigenvalue weighted by Crippen LogP contribution is -2.63. The molecule has 2 aliphatic rings. The molecule has 0 radical (unpaired) electrons. The van der Waals surface area contributed by atoms with E-state index < -0.39 is 53.5 Å². The highest BCUT2D eigenvalue weighted by atomic mass is 32.2. The number of morpholine rings is 1. The van der Waals surface area contributed by atoms with Gasteiger partial charge in [0, 0.05) is 5.75 Å². The summed E-state index contributed by atoms with van der Waals surface area (Å²) in [6, 6.07) is -1.12. The average Bonchev–Trinajstić information content (AvgIpc) is 2.67. The second kappa shape index (κ2) is 4.78. The molecule has 0 spiro atoms. The molecule has 2 fully saturated rings. The first-order chi connectivity index (χ1) is 9.27. The topological polar surface area (TPSA) is 138 Å². The van der Waals surface area contributed by atoms with E-state index in [1.54, 1.807) is 0 Å². The molecule has 0 aromatic rings. The quantitative estimate of drug-likeness (QED) is 0.645. The van der Waals surface area contributed by atoms with Crippen LogP contribution in [0.3, 0.4) is 0 Å². The number of amides is 2. The van der Waals surface area contributed by atoms with Gasteiger partial charge in [0.05, 0.1) is 12.8 Å². The number of aliphatic carboxylic acids is 2. The number of cyclic esters (lactones) is 1. The van der Waals surface area contributed by atoms with Crippen LogP contribution in [0, 0.1) is 0 Å². The summed E-state index contributed by atoms with van der Waals surface area (Å²) in [5.41, 5.74) is -2.37. The Bertz CT molecular complexity index is 513. The van der Waals surface area contributed by atoms with Crippen LogP contribution in [0.5, 0.6) is 0 Å². The summed E-state index contributed by atoms with van der Waals surface area (Å²) in [5.74, 6) is -5.07. The monoisotopic (exact) mass is 303 g/mol. The lowest BCUT2D eigenvalue weighted by molar-refractivity contribution is -0.193. The van der Waals surface area contributed by atoms with E-state index in [0.29, 0.717) is 4.90 Å². The minimum atomic E-state index is -2.37. The molecule has 1 atom stereocenters. The Kier molecular flexibility index (Phi) is 3.42. The van der Waals surface area contributed by atoms with Gasteiger partial charge in [-0.3, -0.25) is 24.1 Å². The van der Waals surface area contributed by atoms with Crippen LogP contribution in [0.4, 0.5) is 4.79 Å². The molecule has 0 aromatic carbocycles. The number of rotatable bonds is 4. The zero-order valence-corrected chi connectivity index (χ0v) is 10.7. The van der Waals surface area contributed by atoms with E-state index >= 15 is 0 Å². The third kappa shape index (κ3) is 2.22. The smallest absolute Gasteiger partial charge is 0.331 e. The standard InChI is InChI=1S/C10H9NO8S/c12-5(13)1-10(2-6(14)15)8(17)11-4(7(16)19-10)3-20-9(11)18/h4H,1-3H2,(H,12,13)(H,14,15). The summed E-state index contributed by atoms with van der Waals surface area (Å²) in [4.78, 5) is 57.9. The number of carbonyl (C=O) groups excluding carboxylic acids is 3. The summed E-state index contributed by atoms with van der Waals surface area (Å²) in [5, 5.41) is 16.9. The Labute approximate surface area is 115 Å². The van der Waals surface area contributed by atoms with Gasteiger partial charge in [-0.15, -0.1) is 0 Å². The number of hydrogen-bond acceptors (Lipinski definition) is 7. The summed E-state index contributed by atoms with van der Waals surface area (Å²) >= 11 is 0.719. The predicted octanol–water partition coefficient (Wildman–Crippen LogP) is -0.705. The normalized spacial score (nSPS) is 24.3. The number of nitrogens with zero attached hydrogens (tertiary/aromatic N) is 1. The minimum absolute atomic E-state index is 0.0135. The molecule has 9 nitrogen and oxygen atoms in total. The second-order valence-electron chi connectivity index (χ2n) is 4.32. The number of hydrogen-bond donors (Lipinski definition) is 2. The van der Waals surface area contributed by atoms with Crippen molar-refractivity contribution in [3.05, 3.63) is 0 Å². The van der Waals surface area contributed by atoms with Gasteiger partial charge < -0.3 is 14.9 Å². The second-order valence-corrected chi connectivity index (χ2v) is 5.30. The molecule has 1 unspecified atom stereocenters. The molecule has 2 aliphatic heterocycles. The molecule has 0 aromatic heterocycles. The van der Waals surface area contributed by atoms with E-state index in [-0.39, 0.29) is 5.75 Å². The highest BCUT2D eigenvalue weighted by Crippen LogP contribution is 2.37. The van der Waals surface area contributed by atoms with Gasteiger partial charge in [-0.05, 0) is 0 Å². The molecular formula is C10H9NO8S. The van der Waals surface area contributed by atoms with Gasteiger partial charge in [0.1, 0.15) is 6.04 Å². The Morgan fingerprint density at radius 3 is 2.30 bits per heavy atom. The average molecular weight is 303 g/mol. The van der Waals surface area contributed by atoms with Crippen LogP contribution in [0.15, 0.2) is 0 Å². The zero-order chi connectivity index (χ0) is 15.1. The van der Waals surface area contributed by atoms with Crippen molar-refractivity contribution in [2.24, 2.45) is 0 Å². The fraction of sp³-hybridized carbons (Fsp3) is 0.500. The number of thioether (sulfide) groups is 1. The van der Waals surface area contributed by atoms with Gasteiger partial charge in [-0.1, -0.05) is 11.8 Å². The number of ether oxygens (including phenoxy) is 1. The van der Waals surface area contributed by atoms with E-state index in [2.05, 4.69) is 0 Å². The number of carbonyl (C=O) groups is 5. The van der Waals surface area contributed by atoms with Crippen molar-refractivity contribution >= 4 is 40.8 Å². The van der Waals surface area contributed by atoms with Crippen molar-refractivity contribution in [3.8, 4) is 0 Å². The first-order valence-electron chi connectivity index (χ1n) is 5.44. The van der Waals surface area contributed by atoms with Crippen LogP contribution in [0.25, 0.3) is 0 Å². The Hall–Kier alpha value is -2.10. The van der Waals surface area contributed by atoms with E-state index in [1.807, 2.05) is 0 Å². The molecule has 2 heterocycles. The summed E-state index contributed by atoms with van der Waals surface area (Å²) in [6.07, 6.45) is -2.02. The fourth-order valence-electron chi connectivity index (χ4n) is 2.12. The SMILES string of the molecule is O=C(O)CC1(CC(=O)O)OC(=O)C2CSC(=O)N2C1=O. The highest BCUT2D eigenvalue weighted by Gasteiger charge is 2.59. The molecule has 2 saturated heterocycles. The van der Waals surface area contributed by atoms with Crippen LogP contribution >= 0.6 is 11.8 Å². The van der Waals surface area contributed by atoms with Crippen molar-refractivity contribution in [2.45, 2.75) is 24.5 Å². The third-order valence-electron chi connectivity index (χ3n) is 2.92. The van der Waals surface area contributed by atoms with Crippen molar-refractivity contribution in [1.29, 1.82) is 0 Å². The molecule has 2 rings (SSSR count). The summed E-state index contributed by atoms with van der Waals surface area (Å²) in [6.45, 7) is 0. The molecule has 108 valence electrons. The van der Waals surface area contributed by atoms with E-state index in [1.165, 1.54) is 0 Å². The summed E-state index contributed by atoms with van der Waals surface area (Å²) < 4.78 is 4.81. The minimum Gasteiger partial charge on any atom is -0.481 e. The lowest BCUT2D eigenvalue weighted by atomic mass is 9.91. The number of esters is 1. The maximum atomic E-state index is 12.2. The Balaban J connectivity index is 2.42. The van der Waals surface area contributed by atoms with Gasteiger partial charge in [-0.2, -0.15) is 0 Å². The van der Waals surface area contributed by atoms with Gasteiger partial charge in [0.2, 0.25) is 5.60 Å². The van der Waals surface area contributed by atoms with Gasteiger partial charge in [0.15, 0.2) is 0 Å². The maximum Gasteiger partial charge on any atom is 0.331 e. The number of fused-ring (bicyclic) bond motifs is 1. The van der Waals surface area contributed by atoms with E-state index in [4.69, 9.17) is 14.9 Å². The molecule has 2 amide bonds.